The normalized spacial score (nSPS) is 21.1. The Bertz CT molecular complexity index is 320. The van der Waals surface area contributed by atoms with E-state index in [0.717, 1.165) is 12.8 Å². The summed E-state index contributed by atoms with van der Waals surface area (Å²) in [7, 11) is 0. The van der Waals surface area contributed by atoms with Crippen molar-refractivity contribution in [2.24, 2.45) is 5.73 Å². The van der Waals surface area contributed by atoms with Gasteiger partial charge in [0.15, 0.2) is 0 Å². The van der Waals surface area contributed by atoms with Crippen molar-refractivity contribution in [3.63, 3.8) is 0 Å². The molecule has 1 aromatic carbocycles. The first-order valence-corrected chi connectivity index (χ1v) is 5.02. The molecular formula is C10H12BrN. The second kappa shape index (κ2) is 2.86. The number of halogens is 1. The lowest BCUT2D eigenvalue weighted by Crippen LogP contribution is -2.05. The Labute approximate surface area is 81.1 Å². The topological polar surface area (TPSA) is 26.0 Å². The highest BCUT2D eigenvalue weighted by Gasteiger charge is 2.21. The Morgan fingerprint density at radius 1 is 1.50 bits per heavy atom. The van der Waals surface area contributed by atoms with Crippen LogP contribution in [0.3, 0.4) is 0 Å². The highest BCUT2D eigenvalue weighted by Crippen LogP contribution is 2.35. The van der Waals surface area contributed by atoms with Crippen LogP contribution in [0.1, 0.15) is 29.2 Å². The van der Waals surface area contributed by atoms with Gasteiger partial charge < -0.3 is 5.73 Å². The molecule has 1 nitrogen and oxygen atoms in total. The smallest absolute Gasteiger partial charge is 0.0312 e. The Balaban J connectivity index is 2.60. The van der Waals surface area contributed by atoms with Crippen molar-refractivity contribution in [2.45, 2.75) is 25.8 Å². The van der Waals surface area contributed by atoms with E-state index in [1.165, 1.54) is 21.2 Å². The van der Waals surface area contributed by atoms with Crippen LogP contribution in [-0.4, -0.2) is 0 Å². The van der Waals surface area contributed by atoms with E-state index in [9.17, 15) is 0 Å². The summed E-state index contributed by atoms with van der Waals surface area (Å²) in [6, 6.07) is 4.63. The Hall–Kier alpha value is -0.340. The minimum Gasteiger partial charge on any atom is -0.324 e. The molecule has 0 spiro atoms. The van der Waals surface area contributed by atoms with Gasteiger partial charge in [-0.05, 0) is 42.5 Å². The van der Waals surface area contributed by atoms with Gasteiger partial charge >= 0.3 is 0 Å². The fourth-order valence-electron chi connectivity index (χ4n) is 1.90. The monoisotopic (exact) mass is 225 g/mol. The van der Waals surface area contributed by atoms with Gasteiger partial charge in [-0.1, -0.05) is 22.0 Å². The van der Waals surface area contributed by atoms with Gasteiger partial charge in [-0.25, -0.2) is 0 Å². The largest absolute Gasteiger partial charge is 0.324 e. The van der Waals surface area contributed by atoms with Gasteiger partial charge in [0, 0.05) is 10.5 Å². The maximum Gasteiger partial charge on any atom is 0.0312 e. The van der Waals surface area contributed by atoms with Crippen LogP contribution in [0.5, 0.6) is 0 Å². The van der Waals surface area contributed by atoms with E-state index in [0.29, 0.717) is 0 Å². The second-order valence-electron chi connectivity index (χ2n) is 3.46. The van der Waals surface area contributed by atoms with Crippen molar-refractivity contribution in [3.8, 4) is 0 Å². The van der Waals surface area contributed by atoms with Gasteiger partial charge in [0.25, 0.3) is 0 Å². The summed E-state index contributed by atoms with van der Waals surface area (Å²) < 4.78 is 1.18. The zero-order valence-corrected chi connectivity index (χ0v) is 8.69. The van der Waals surface area contributed by atoms with Gasteiger partial charge in [0.2, 0.25) is 0 Å². The molecule has 0 amide bonds. The molecule has 0 saturated heterocycles. The Kier molecular flexibility index (Phi) is 1.97. The molecule has 1 atom stereocenters. The van der Waals surface area contributed by atoms with Crippen LogP contribution in [0, 0.1) is 6.92 Å². The Morgan fingerprint density at radius 2 is 2.25 bits per heavy atom. The summed E-state index contributed by atoms with van der Waals surface area (Å²) in [6.45, 7) is 2.12. The van der Waals surface area contributed by atoms with Gasteiger partial charge in [0.05, 0.1) is 0 Å². The van der Waals surface area contributed by atoms with Crippen LogP contribution in [-0.2, 0) is 6.42 Å². The van der Waals surface area contributed by atoms with E-state index in [2.05, 4.69) is 35.0 Å². The van der Waals surface area contributed by atoms with Crippen molar-refractivity contribution < 1.29 is 0 Å². The maximum atomic E-state index is 5.97. The summed E-state index contributed by atoms with van der Waals surface area (Å²) in [5.41, 5.74) is 10.0. The highest BCUT2D eigenvalue weighted by atomic mass is 79.9. The summed E-state index contributed by atoms with van der Waals surface area (Å²) in [6.07, 6.45) is 2.23. The molecule has 0 saturated carbocycles. The highest BCUT2D eigenvalue weighted by molar-refractivity contribution is 9.10. The van der Waals surface area contributed by atoms with Crippen molar-refractivity contribution in [1.82, 2.24) is 0 Å². The molecule has 0 heterocycles. The summed E-state index contributed by atoms with van der Waals surface area (Å²) in [5, 5.41) is 0. The van der Waals surface area contributed by atoms with Crippen molar-refractivity contribution in [2.75, 3.05) is 0 Å². The molecule has 12 heavy (non-hydrogen) atoms. The van der Waals surface area contributed by atoms with Crippen molar-refractivity contribution in [1.29, 1.82) is 0 Å². The number of hydrogen-bond acceptors (Lipinski definition) is 1. The standard InChI is InChI=1S/C10H12BrN/c1-6-4-7-2-3-9(12)10(7)8(11)5-6/h4-5,9H,2-3,12H2,1H3/t9-/m1/s1. The number of benzene rings is 1. The van der Waals surface area contributed by atoms with Crippen molar-refractivity contribution in [3.05, 3.63) is 33.3 Å². The molecule has 2 N–H and O–H groups in total. The number of hydrogen-bond donors (Lipinski definition) is 1. The third-order valence-electron chi connectivity index (χ3n) is 2.46. The van der Waals surface area contributed by atoms with E-state index in [1.54, 1.807) is 0 Å². The number of aryl methyl sites for hydroxylation is 2. The van der Waals surface area contributed by atoms with Gasteiger partial charge in [0.1, 0.15) is 0 Å². The molecule has 64 valence electrons. The lowest BCUT2D eigenvalue weighted by atomic mass is 10.1. The van der Waals surface area contributed by atoms with Crippen LogP contribution < -0.4 is 5.73 Å². The third-order valence-corrected chi connectivity index (χ3v) is 3.11. The summed E-state index contributed by atoms with van der Waals surface area (Å²) in [5.74, 6) is 0. The molecule has 2 heteroatoms. The predicted molar refractivity (Wildman–Crippen MR) is 54.1 cm³/mol. The molecule has 1 aliphatic carbocycles. The number of fused-ring (bicyclic) bond motifs is 1. The first-order valence-electron chi connectivity index (χ1n) is 4.23. The molecule has 2 rings (SSSR count). The molecule has 1 aromatic rings. The SMILES string of the molecule is Cc1cc(Br)c2c(c1)CC[C@H]2N. The zero-order valence-electron chi connectivity index (χ0n) is 7.10. The fourth-order valence-corrected chi connectivity index (χ4v) is 2.81. The van der Waals surface area contributed by atoms with Gasteiger partial charge in [-0.2, -0.15) is 0 Å². The fraction of sp³-hybridized carbons (Fsp3) is 0.400. The average molecular weight is 226 g/mol. The molecule has 0 fully saturated rings. The van der Waals surface area contributed by atoms with Gasteiger partial charge in [-0.15, -0.1) is 0 Å². The summed E-state index contributed by atoms with van der Waals surface area (Å²) >= 11 is 3.56. The summed E-state index contributed by atoms with van der Waals surface area (Å²) in [4.78, 5) is 0. The number of rotatable bonds is 0. The van der Waals surface area contributed by atoms with E-state index >= 15 is 0 Å². The lowest BCUT2D eigenvalue weighted by Gasteiger charge is -2.08. The molecule has 0 radical (unpaired) electrons. The first kappa shape index (κ1) is 8.27. The minimum atomic E-state index is 0.245. The van der Waals surface area contributed by atoms with Crippen LogP contribution in [0.25, 0.3) is 0 Å². The van der Waals surface area contributed by atoms with Crippen LogP contribution >= 0.6 is 15.9 Å². The molecule has 0 unspecified atom stereocenters. The van der Waals surface area contributed by atoms with Crippen LogP contribution in [0.4, 0.5) is 0 Å². The van der Waals surface area contributed by atoms with E-state index in [-0.39, 0.29) is 6.04 Å². The zero-order chi connectivity index (χ0) is 8.72. The molecule has 0 aliphatic heterocycles. The lowest BCUT2D eigenvalue weighted by molar-refractivity contribution is 0.711. The van der Waals surface area contributed by atoms with Crippen LogP contribution in [0.2, 0.25) is 0 Å². The van der Waals surface area contributed by atoms with Crippen LogP contribution in [0.15, 0.2) is 16.6 Å². The van der Waals surface area contributed by atoms with E-state index in [4.69, 9.17) is 5.73 Å². The predicted octanol–water partition coefficient (Wildman–Crippen LogP) is 2.70. The first-order chi connectivity index (χ1) is 5.68. The van der Waals surface area contributed by atoms with E-state index in [1.807, 2.05) is 0 Å². The molecule has 0 bridgehead atoms. The van der Waals surface area contributed by atoms with Gasteiger partial charge in [-0.3, -0.25) is 0 Å². The third kappa shape index (κ3) is 1.19. The van der Waals surface area contributed by atoms with E-state index < -0.39 is 0 Å². The molecular weight excluding hydrogens is 214 g/mol. The molecule has 1 aliphatic rings. The minimum absolute atomic E-state index is 0.245. The van der Waals surface area contributed by atoms with Crippen molar-refractivity contribution >= 4 is 15.9 Å². The molecule has 0 aromatic heterocycles. The second-order valence-corrected chi connectivity index (χ2v) is 4.32. The maximum absolute atomic E-state index is 5.97. The number of nitrogens with two attached hydrogens (primary N) is 1. The average Bonchev–Trinajstić information content (AvgIpc) is 2.31. The quantitative estimate of drug-likeness (QED) is 0.723. The Morgan fingerprint density at radius 3 is 3.00 bits per heavy atom.